The van der Waals surface area contributed by atoms with Crippen molar-refractivity contribution in [2.75, 3.05) is 45.7 Å². The third kappa shape index (κ3) is 10.6. The molecule has 1 saturated heterocycles. The smallest absolute Gasteiger partial charge is 0.190 e. The molecule has 2 N–H and O–H groups in total. The second-order valence-corrected chi connectivity index (χ2v) is 7.73. The highest BCUT2D eigenvalue weighted by Gasteiger charge is 2.14. The molecule has 1 unspecified atom stereocenters. The van der Waals surface area contributed by atoms with E-state index in [1.807, 2.05) is 11.6 Å². The van der Waals surface area contributed by atoms with E-state index in [0.29, 0.717) is 6.10 Å². The average Bonchev–Trinajstić information content (AvgIpc) is 3.29. The van der Waals surface area contributed by atoms with Crippen LogP contribution in [0.4, 0.5) is 0 Å². The van der Waals surface area contributed by atoms with Crippen LogP contribution in [-0.2, 0) is 9.47 Å². The first-order valence-corrected chi connectivity index (χ1v) is 10.4. The fourth-order valence-corrected chi connectivity index (χ4v) is 3.96. The van der Waals surface area contributed by atoms with Gasteiger partial charge in [-0.15, -0.1) is 35.3 Å². The van der Waals surface area contributed by atoms with E-state index in [1.54, 1.807) is 30.1 Å². The second-order valence-electron chi connectivity index (χ2n) is 5.49. The van der Waals surface area contributed by atoms with Gasteiger partial charge in [0.1, 0.15) is 4.34 Å². The van der Waals surface area contributed by atoms with Gasteiger partial charge in [0.15, 0.2) is 5.96 Å². The molecule has 0 saturated carbocycles. The number of hydrogen-bond donors (Lipinski definition) is 2. The Morgan fingerprint density at radius 1 is 1.44 bits per heavy atom. The molecule has 1 aliphatic rings. The molecule has 2 rings (SSSR count). The molecule has 1 atom stereocenters. The SMILES string of the molecule is CN=C(NCCCOCC1CCCO1)NCCCSc1nccs1.I. The number of nitrogens with zero attached hydrogens (tertiary/aromatic N) is 2. The Balaban J connectivity index is 0.00000312. The van der Waals surface area contributed by atoms with Crippen molar-refractivity contribution in [3.8, 4) is 0 Å². The Kier molecular flexibility index (Phi) is 13.8. The summed E-state index contributed by atoms with van der Waals surface area (Å²) in [5, 5.41) is 8.66. The van der Waals surface area contributed by atoms with Crippen LogP contribution in [0.5, 0.6) is 0 Å². The van der Waals surface area contributed by atoms with E-state index < -0.39 is 0 Å². The van der Waals surface area contributed by atoms with E-state index in [0.717, 1.165) is 68.2 Å². The molecule has 1 fully saturated rings. The summed E-state index contributed by atoms with van der Waals surface area (Å²) in [6.45, 7) is 4.14. The Morgan fingerprint density at radius 2 is 2.28 bits per heavy atom. The number of thioether (sulfide) groups is 1. The summed E-state index contributed by atoms with van der Waals surface area (Å²) in [7, 11) is 1.80. The van der Waals surface area contributed by atoms with Crippen molar-refractivity contribution >= 4 is 53.0 Å². The van der Waals surface area contributed by atoms with E-state index in [9.17, 15) is 0 Å². The van der Waals surface area contributed by atoms with Gasteiger partial charge >= 0.3 is 0 Å². The molecule has 1 aromatic rings. The van der Waals surface area contributed by atoms with Crippen molar-refractivity contribution in [2.45, 2.75) is 36.1 Å². The number of aliphatic imine (C=N–C) groups is 1. The lowest BCUT2D eigenvalue weighted by atomic mass is 10.2. The zero-order valence-corrected chi connectivity index (χ0v) is 18.7. The lowest BCUT2D eigenvalue weighted by molar-refractivity contribution is 0.0168. The molecular formula is C16H29IN4O2S2. The van der Waals surface area contributed by atoms with Crippen LogP contribution in [0.2, 0.25) is 0 Å². The highest BCUT2D eigenvalue weighted by atomic mass is 127. The van der Waals surface area contributed by atoms with E-state index in [4.69, 9.17) is 9.47 Å². The summed E-state index contributed by atoms with van der Waals surface area (Å²) < 4.78 is 12.3. The van der Waals surface area contributed by atoms with E-state index in [2.05, 4.69) is 20.6 Å². The van der Waals surface area contributed by atoms with Crippen LogP contribution in [0.15, 0.2) is 20.9 Å². The molecule has 0 aromatic carbocycles. The van der Waals surface area contributed by atoms with Crippen LogP contribution in [0.3, 0.4) is 0 Å². The maximum atomic E-state index is 5.65. The summed E-state index contributed by atoms with van der Waals surface area (Å²) in [5.74, 6) is 1.92. The number of thiazole rings is 1. The molecule has 25 heavy (non-hydrogen) atoms. The number of rotatable bonds is 11. The first-order valence-electron chi connectivity index (χ1n) is 8.54. The second kappa shape index (κ2) is 15.0. The predicted octanol–water partition coefficient (Wildman–Crippen LogP) is 2.99. The Morgan fingerprint density at radius 3 is 2.96 bits per heavy atom. The molecule has 0 aliphatic carbocycles. The number of hydrogen-bond acceptors (Lipinski definition) is 6. The van der Waals surface area contributed by atoms with Crippen LogP contribution >= 0.6 is 47.1 Å². The number of halogens is 1. The fraction of sp³-hybridized carbons (Fsp3) is 0.750. The van der Waals surface area contributed by atoms with Crippen LogP contribution in [-0.4, -0.2) is 62.8 Å². The van der Waals surface area contributed by atoms with Gasteiger partial charge in [0, 0.05) is 50.7 Å². The monoisotopic (exact) mass is 500 g/mol. The predicted molar refractivity (Wildman–Crippen MR) is 117 cm³/mol. The summed E-state index contributed by atoms with van der Waals surface area (Å²) in [5.41, 5.74) is 0. The van der Waals surface area contributed by atoms with Crippen molar-refractivity contribution in [3.63, 3.8) is 0 Å². The highest BCUT2D eigenvalue weighted by Crippen LogP contribution is 2.20. The Hall–Kier alpha value is -0.100. The normalized spacial score (nSPS) is 17.3. The van der Waals surface area contributed by atoms with E-state index in [1.165, 1.54) is 6.42 Å². The van der Waals surface area contributed by atoms with Gasteiger partial charge in [-0.1, -0.05) is 11.8 Å². The molecule has 0 bridgehead atoms. The summed E-state index contributed by atoms with van der Waals surface area (Å²) >= 11 is 3.50. The van der Waals surface area contributed by atoms with Crippen molar-refractivity contribution in [2.24, 2.45) is 4.99 Å². The third-order valence-electron chi connectivity index (χ3n) is 3.56. The first-order chi connectivity index (χ1) is 11.9. The standard InChI is InChI=1S/C16H28N4O2S2.HI/c1-17-15(19-7-4-11-23-16-20-8-12-24-16)18-6-3-9-21-13-14-5-2-10-22-14;/h8,12,14H,2-7,9-11,13H2,1H3,(H2,17,18,19);1H. The minimum Gasteiger partial charge on any atom is -0.379 e. The molecule has 2 heterocycles. The lowest BCUT2D eigenvalue weighted by Gasteiger charge is -2.12. The molecule has 144 valence electrons. The van der Waals surface area contributed by atoms with Crippen LogP contribution in [0, 0.1) is 0 Å². The van der Waals surface area contributed by atoms with Crippen molar-refractivity contribution < 1.29 is 9.47 Å². The highest BCUT2D eigenvalue weighted by molar-refractivity contribution is 14.0. The van der Waals surface area contributed by atoms with Gasteiger partial charge in [-0.2, -0.15) is 0 Å². The Labute approximate surface area is 176 Å². The molecule has 0 radical (unpaired) electrons. The lowest BCUT2D eigenvalue weighted by Crippen LogP contribution is -2.38. The molecule has 0 spiro atoms. The zero-order chi connectivity index (χ0) is 16.9. The largest absolute Gasteiger partial charge is 0.379 e. The summed E-state index contributed by atoms with van der Waals surface area (Å²) in [6.07, 6.45) is 6.51. The topological polar surface area (TPSA) is 67.8 Å². The van der Waals surface area contributed by atoms with Gasteiger partial charge in [0.2, 0.25) is 0 Å². The number of aromatic nitrogens is 1. The summed E-state index contributed by atoms with van der Waals surface area (Å²) in [6, 6.07) is 0. The van der Waals surface area contributed by atoms with Gasteiger partial charge in [-0.3, -0.25) is 4.99 Å². The number of ether oxygens (including phenoxy) is 2. The third-order valence-corrected chi connectivity index (χ3v) is 5.61. The van der Waals surface area contributed by atoms with Gasteiger partial charge in [0.25, 0.3) is 0 Å². The van der Waals surface area contributed by atoms with Gasteiger partial charge in [-0.25, -0.2) is 4.98 Å². The molecule has 1 aromatic heterocycles. The quantitative estimate of drug-likeness (QED) is 0.160. The maximum absolute atomic E-state index is 5.65. The van der Waals surface area contributed by atoms with Crippen molar-refractivity contribution in [3.05, 3.63) is 11.6 Å². The average molecular weight is 500 g/mol. The van der Waals surface area contributed by atoms with E-state index >= 15 is 0 Å². The fourth-order valence-electron chi connectivity index (χ4n) is 2.31. The van der Waals surface area contributed by atoms with Crippen LogP contribution in [0.25, 0.3) is 0 Å². The molecule has 9 heteroatoms. The van der Waals surface area contributed by atoms with Gasteiger partial charge < -0.3 is 20.1 Å². The van der Waals surface area contributed by atoms with Crippen LogP contribution in [0.1, 0.15) is 25.7 Å². The molecule has 1 aliphatic heterocycles. The summed E-state index contributed by atoms with van der Waals surface area (Å²) in [4.78, 5) is 8.49. The van der Waals surface area contributed by atoms with Crippen LogP contribution < -0.4 is 10.6 Å². The van der Waals surface area contributed by atoms with Crippen molar-refractivity contribution in [1.29, 1.82) is 0 Å². The number of guanidine groups is 1. The zero-order valence-electron chi connectivity index (χ0n) is 14.7. The minimum atomic E-state index is 0. The molecular weight excluding hydrogens is 471 g/mol. The molecule has 6 nitrogen and oxygen atoms in total. The first kappa shape index (κ1) is 22.9. The van der Waals surface area contributed by atoms with Gasteiger partial charge in [0.05, 0.1) is 12.7 Å². The minimum absolute atomic E-state index is 0. The van der Waals surface area contributed by atoms with Gasteiger partial charge in [-0.05, 0) is 25.7 Å². The van der Waals surface area contributed by atoms with E-state index in [-0.39, 0.29) is 24.0 Å². The molecule has 0 amide bonds. The number of nitrogens with one attached hydrogen (secondary N) is 2. The maximum Gasteiger partial charge on any atom is 0.190 e. The van der Waals surface area contributed by atoms with Crippen molar-refractivity contribution in [1.82, 2.24) is 15.6 Å². The Bertz CT molecular complexity index is 457.